The van der Waals surface area contributed by atoms with E-state index in [4.69, 9.17) is 9.84 Å². The molecule has 0 aliphatic heterocycles. The van der Waals surface area contributed by atoms with Gasteiger partial charge in [0.15, 0.2) is 6.61 Å². The summed E-state index contributed by atoms with van der Waals surface area (Å²) in [6, 6.07) is 10.0. The van der Waals surface area contributed by atoms with E-state index < -0.39 is 5.97 Å². The Morgan fingerprint density at radius 3 is 2.57 bits per heavy atom. The fourth-order valence-corrected chi connectivity index (χ4v) is 2.22. The van der Waals surface area contributed by atoms with Gasteiger partial charge in [0.25, 0.3) is 5.91 Å². The third-order valence-corrected chi connectivity index (χ3v) is 3.52. The number of anilines is 1. The summed E-state index contributed by atoms with van der Waals surface area (Å²) >= 11 is 0. The van der Waals surface area contributed by atoms with Crippen molar-refractivity contribution in [3.05, 3.63) is 58.7 Å². The first-order valence-electron chi connectivity index (χ1n) is 7.20. The van der Waals surface area contributed by atoms with Crippen molar-refractivity contribution in [1.29, 1.82) is 0 Å². The number of ether oxygens (including phenoxy) is 1. The van der Waals surface area contributed by atoms with Crippen LogP contribution in [0.3, 0.4) is 0 Å². The first kappa shape index (κ1) is 16.5. The lowest BCUT2D eigenvalue weighted by Crippen LogP contribution is -2.20. The molecule has 2 N–H and O–H groups in total. The van der Waals surface area contributed by atoms with Crippen LogP contribution in [0.25, 0.3) is 0 Å². The van der Waals surface area contributed by atoms with Crippen LogP contribution >= 0.6 is 0 Å². The minimum atomic E-state index is -1.04. The van der Waals surface area contributed by atoms with Gasteiger partial charge in [-0.15, -0.1) is 0 Å². The quantitative estimate of drug-likeness (QED) is 0.888. The SMILES string of the molecule is Cc1cc(C)c(C)c(OCC(=O)Nc2cccc(C(=O)O)c2)c1. The van der Waals surface area contributed by atoms with Gasteiger partial charge in [-0.3, -0.25) is 4.79 Å². The lowest BCUT2D eigenvalue weighted by atomic mass is 10.1. The molecule has 0 atom stereocenters. The smallest absolute Gasteiger partial charge is 0.335 e. The molecule has 0 aliphatic rings. The van der Waals surface area contributed by atoms with Crippen molar-refractivity contribution in [1.82, 2.24) is 0 Å². The minimum absolute atomic E-state index is 0.119. The van der Waals surface area contributed by atoms with E-state index >= 15 is 0 Å². The van der Waals surface area contributed by atoms with Crippen molar-refractivity contribution < 1.29 is 19.4 Å². The van der Waals surface area contributed by atoms with E-state index in [-0.39, 0.29) is 18.1 Å². The molecule has 0 fully saturated rings. The van der Waals surface area contributed by atoms with Crippen molar-refractivity contribution in [3.63, 3.8) is 0 Å². The van der Waals surface area contributed by atoms with Crippen LogP contribution in [0.5, 0.6) is 5.75 Å². The largest absolute Gasteiger partial charge is 0.483 e. The molecule has 0 radical (unpaired) electrons. The summed E-state index contributed by atoms with van der Waals surface area (Å²) in [6.45, 7) is 5.77. The van der Waals surface area contributed by atoms with Crippen LogP contribution in [0.4, 0.5) is 5.69 Å². The van der Waals surface area contributed by atoms with Gasteiger partial charge in [-0.05, 0) is 61.7 Å². The number of aryl methyl sites for hydroxylation is 2. The van der Waals surface area contributed by atoms with Crippen LogP contribution in [0.2, 0.25) is 0 Å². The Hall–Kier alpha value is -2.82. The van der Waals surface area contributed by atoms with Crippen LogP contribution in [-0.4, -0.2) is 23.6 Å². The Kier molecular flexibility index (Phi) is 5.01. The van der Waals surface area contributed by atoms with E-state index in [1.807, 2.05) is 26.8 Å². The zero-order chi connectivity index (χ0) is 17.0. The van der Waals surface area contributed by atoms with Crippen molar-refractivity contribution in [3.8, 4) is 5.75 Å². The predicted octanol–water partition coefficient (Wildman–Crippen LogP) is 3.33. The number of carboxylic acids is 1. The molecule has 5 nitrogen and oxygen atoms in total. The molecule has 0 saturated heterocycles. The second kappa shape index (κ2) is 6.96. The molecule has 2 rings (SSSR count). The number of amides is 1. The molecule has 0 unspecified atom stereocenters. The standard InChI is InChI=1S/C18H19NO4/c1-11-7-12(2)13(3)16(8-11)23-10-17(20)19-15-6-4-5-14(9-15)18(21)22/h4-9H,10H2,1-3H3,(H,19,20)(H,21,22). The van der Waals surface area contributed by atoms with Crippen LogP contribution < -0.4 is 10.1 Å². The summed E-state index contributed by atoms with van der Waals surface area (Å²) in [5.74, 6) is -0.703. The third-order valence-electron chi connectivity index (χ3n) is 3.52. The van der Waals surface area contributed by atoms with Gasteiger partial charge in [0.05, 0.1) is 5.56 Å². The first-order chi connectivity index (χ1) is 10.9. The van der Waals surface area contributed by atoms with E-state index in [1.54, 1.807) is 12.1 Å². The molecular formula is C18H19NO4. The summed E-state index contributed by atoms with van der Waals surface area (Å²) in [6.07, 6.45) is 0. The molecule has 120 valence electrons. The van der Waals surface area contributed by atoms with Gasteiger partial charge in [0, 0.05) is 5.69 Å². The average Bonchev–Trinajstić information content (AvgIpc) is 2.49. The van der Waals surface area contributed by atoms with Gasteiger partial charge >= 0.3 is 5.97 Å². The topological polar surface area (TPSA) is 75.6 Å². The lowest BCUT2D eigenvalue weighted by molar-refractivity contribution is -0.118. The minimum Gasteiger partial charge on any atom is -0.483 e. The Bertz CT molecular complexity index is 753. The number of benzene rings is 2. The summed E-state index contributed by atoms with van der Waals surface area (Å²) in [5.41, 5.74) is 3.72. The Labute approximate surface area is 134 Å². The first-order valence-corrected chi connectivity index (χ1v) is 7.20. The van der Waals surface area contributed by atoms with Crippen LogP contribution in [-0.2, 0) is 4.79 Å². The highest BCUT2D eigenvalue weighted by Gasteiger charge is 2.09. The molecule has 0 bridgehead atoms. The van der Waals surface area contributed by atoms with Gasteiger partial charge in [-0.25, -0.2) is 4.79 Å². The number of aromatic carboxylic acids is 1. The normalized spacial score (nSPS) is 10.2. The molecule has 0 spiro atoms. The van der Waals surface area contributed by atoms with Crippen molar-refractivity contribution >= 4 is 17.6 Å². The maximum absolute atomic E-state index is 12.0. The van der Waals surface area contributed by atoms with E-state index in [9.17, 15) is 9.59 Å². The molecule has 0 aromatic heterocycles. The van der Waals surface area contributed by atoms with Crippen molar-refractivity contribution in [2.24, 2.45) is 0 Å². The summed E-state index contributed by atoms with van der Waals surface area (Å²) < 4.78 is 5.58. The van der Waals surface area contributed by atoms with E-state index in [0.29, 0.717) is 11.4 Å². The van der Waals surface area contributed by atoms with Gasteiger partial charge in [-0.1, -0.05) is 12.1 Å². The number of nitrogens with one attached hydrogen (secondary N) is 1. The summed E-state index contributed by atoms with van der Waals surface area (Å²) in [5, 5.41) is 11.6. The van der Waals surface area contributed by atoms with Crippen LogP contribution in [0, 0.1) is 20.8 Å². The van der Waals surface area contributed by atoms with Crippen molar-refractivity contribution in [2.75, 3.05) is 11.9 Å². The number of carbonyl (C=O) groups is 2. The second-order valence-corrected chi connectivity index (χ2v) is 5.43. The van der Waals surface area contributed by atoms with Gasteiger partial charge in [-0.2, -0.15) is 0 Å². The molecule has 1 amide bonds. The highest BCUT2D eigenvalue weighted by Crippen LogP contribution is 2.23. The van der Waals surface area contributed by atoms with E-state index in [2.05, 4.69) is 11.4 Å². The third kappa shape index (κ3) is 4.32. The molecule has 5 heteroatoms. The number of carboxylic acid groups (broad SMARTS) is 1. The van der Waals surface area contributed by atoms with Crippen molar-refractivity contribution in [2.45, 2.75) is 20.8 Å². The Morgan fingerprint density at radius 2 is 1.87 bits per heavy atom. The fourth-order valence-electron chi connectivity index (χ4n) is 2.22. The summed E-state index contributed by atoms with van der Waals surface area (Å²) in [4.78, 5) is 22.9. The maximum Gasteiger partial charge on any atom is 0.335 e. The number of hydrogen-bond donors (Lipinski definition) is 2. The molecule has 0 saturated carbocycles. The zero-order valence-electron chi connectivity index (χ0n) is 13.3. The molecule has 0 heterocycles. The maximum atomic E-state index is 12.0. The Balaban J connectivity index is 2.01. The highest BCUT2D eigenvalue weighted by atomic mass is 16.5. The van der Waals surface area contributed by atoms with E-state index in [1.165, 1.54) is 12.1 Å². The second-order valence-electron chi connectivity index (χ2n) is 5.43. The lowest BCUT2D eigenvalue weighted by Gasteiger charge is -2.12. The highest BCUT2D eigenvalue weighted by molar-refractivity contribution is 5.94. The van der Waals surface area contributed by atoms with Crippen LogP contribution in [0.1, 0.15) is 27.0 Å². The Morgan fingerprint density at radius 1 is 1.13 bits per heavy atom. The molecular weight excluding hydrogens is 294 g/mol. The summed E-state index contributed by atoms with van der Waals surface area (Å²) in [7, 11) is 0. The molecule has 2 aromatic rings. The predicted molar refractivity (Wildman–Crippen MR) is 88.2 cm³/mol. The average molecular weight is 313 g/mol. The molecule has 2 aromatic carbocycles. The molecule has 0 aliphatic carbocycles. The number of rotatable bonds is 5. The zero-order valence-corrected chi connectivity index (χ0v) is 13.3. The molecule has 23 heavy (non-hydrogen) atoms. The number of hydrogen-bond acceptors (Lipinski definition) is 3. The fraction of sp³-hybridized carbons (Fsp3) is 0.222. The van der Waals surface area contributed by atoms with Gasteiger partial charge < -0.3 is 15.2 Å². The monoisotopic (exact) mass is 313 g/mol. The van der Waals surface area contributed by atoms with E-state index in [0.717, 1.165) is 16.7 Å². The van der Waals surface area contributed by atoms with Gasteiger partial charge in [0.1, 0.15) is 5.75 Å². The number of carbonyl (C=O) groups excluding carboxylic acids is 1. The van der Waals surface area contributed by atoms with Crippen LogP contribution in [0.15, 0.2) is 36.4 Å². The van der Waals surface area contributed by atoms with Gasteiger partial charge in [0.2, 0.25) is 0 Å².